The summed E-state index contributed by atoms with van der Waals surface area (Å²) in [6.07, 6.45) is 2.65. The number of amides is 1. The van der Waals surface area contributed by atoms with Gasteiger partial charge >= 0.3 is 5.97 Å². The molecule has 1 atom stereocenters. The number of hydrogen-bond donors (Lipinski definition) is 1. The van der Waals surface area contributed by atoms with Crippen molar-refractivity contribution in [2.45, 2.75) is 32.3 Å². The fraction of sp³-hybridized carbons (Fsp3) is 0.300. The topological polar surface area (TPSA) is 64.6 Å². The molecule has 0 heterocycles. The van der Waals surface area contributed by atoms with Gasteiger partial charge in [0.05, 0.1) is 17.1 Å². The lowest BCUT2D eigenvalue weighted by molar-refractivity contribution is -0.122. The Hall–Kier alpha value is -2.34. The molecule has 0 spiro atoms. The van der Waals surface area contributed by atoms with E-state index in [4.69, 9.17) is 4.74 Å². The molecule has 1 N–H and O–H groups in total. The number of esters is 1. The molecule has 0 radical (unpaired) electrons. The van der Waals surface area contributed by atoms with Crippen LogP contribution in [-0.4, -0.2) is 25.1 Å². The molecule has 2 aromatic carbocycles. The van der Waals surface area contributed by atoms with Crippen LogP contribution in [0.4, 0.5) is 5.69 Å². The van der Waals surface area contributed by atoms with Crippen molar-refractivity contribution in [3.63, 3.8) is 0 Å². The molecule has 6 heteroatoms. The number of methoxy groups -OCH3 is 1. The van der Waals surface area contributed by atoms with Gasteiger partial charge in [-0.05, 0) is 83.6 Å². The van der Waals surface area contributed by atoms with Crippen molar-refractivity contribution >= 4 is 33.5 Å². The lowest BCUT2D eigenvalue weighted by atomic mass is 10.1. The van der Waals surface area contributed by atoms with Crippen molar-refractivity contribution in [2.24, 2.45) is 0 Å². The Morgan fingerprint density at radius 3 is 2.62 bits per heavy atom. The average Bonchev–Trinajstić information content (AvgIpc) is 3.10. The van der Waals surface area contributed by atoms with Crippen LogP contribution in [0.5, 0.6) is 5.75 Å². The molecule has 0 fully saturated rings. The summed E-state index contributed by atoms with van der Waals surface area (Å²) in [5.74, 6) is -0.180. The number of hydrogen-bond acceptors (Lipinski definition) is 4. The van der Waals surface area contributed by atoms with Gasteiger partial charge in [0.25, 0.3) is 5.91 Å². The van der Waals surface area contributed by atoms with Gasteiger partial charge in [-0.2, -0.15) is 0 Å². The molecule has 1 aliphatic carbocycles. The van der Waals surface area contributed by atoms with Gasteiger partial charge in [0, 0.05) is 5.69 Å². The van der Waals surface area contributed by atoms with E-state index < -0.39 is 12.1 Å². The van der Waals surface area contributed by atoms with Gasteiger partial charge in [-0.15, -0.1) is 0 Å². The molecule has 136 valence electrons. The van der Waals surface area contributed by atoms with Crippen molar-refractivity contribution < 1.29 is 19.1 Å². The van der Waals surface area contributed by atoms with E-state index in [0.29, 0.717) is 15.8 Å². The van der Waals surface area contributed by atoms with Crippen LogP contribution in [0.2, 0.25) is 0 Å². The minimum absolute atomic E-state index is 0.230. The van der Waals surface area contributed by atoms with E-state index in [1.165, 1.54) is 24.7 Å². The van der Waals surface area contributed by atoms with Crippen molar-refractivity contribution in [3.05, 3.63) is 57.6 Å². The van der Waals surface area contributed by atoms with Crippen LogP contribution in [0.1, 0.15) is 34.8 Å². The Bertz CT molecular complexity index is 850. The summed E-state index contributed by atoms with van der Waals surface area (Å²) in [7, 11) is 1.33. The van der Waals surface area contributed by atoms with E-state index in [9.17, 15) is 9.59 Å². The summed E-state index contributed by atoms with van der Waals surface area (Å²) in [4.78, 5) is 24.0. The molecule has 0 saturated carbocycles. The number of halogens is 1. The molecule has 0 bridgehead atoms. The Kier molecular flexibility index (Phi) is 5.61. The number of carbonyl (C=O) groups is 2. The van der Waals surface area contributed by atoms with Gasteiger partial charge in [0.15, 0.2) is 6.10 Å². The zero-order valence-corrected chi connectivity index (χ0v) is 16.3. The van der Waals surface area contributed by atoms with E-state index in [1.54, 1.807) is 25.1 Å². The first-order chi connectivity index (χ1) is 12.5. The van der Waals surface area contributed by atoms with Crippen LogP contribution in [-0.2, 0) is 22.4 Å². The standard InChI is InChI=1S/C20H20BrNO4/c1-12(26-18-9-7-15(11-17(18)21)20(24)25-2)19(23)22-16-8-6-13-4-3-5-14(13)10-16/h6-12H,3-5H2,1-2H3,(H,22,23). The van der Waals surface area contributed by atoms with Gasteiger partial charge in [0.2, 0.25) is 0 Å². The van der Waals surface area contributed by atoms with Crippen LogP contribution in [0.15, 0.2) is 40.9 Å². The minimum Gasteiger partial charge on any atom is -0.480 e. The number of benzene rings is 2. The monoisotopic (exact) mass is 417 g/mol. The molecule has 0 aromatic heterocycles. The smallest absolute Gasteiger partial charge is 0.337 e. The molecule has 26 heavy (non-hydrogen) atoms. The average molecular weight is 418 g/mol. The van der Waals surface area contributed by atoms with E-state index in [1.807, 2.05) is 12.1 Å². The number of ether oxygens (including phenoxy) is 2. The van der Waals surface area contributed by atoms with Gasteiger partial charge in [-0.3, -0.25) is 4.79 Å². The fourth-order valence-electron chi connectivity index (χ4n) is 2.98. The molecule has 1 amide bonds. The first-order valence-corrected chi connectivity index (χ1v) is 9.24. The van der Waals surface area contributed by atoms with Gasteiger partial charge in [0.1, 0.15) is 5.75 Å². The highest BCUT2D eigenvalue weighted by molar-refractivity contribution is 9.10. The predicted molar refractivity (Wildman–Crippen MR) is 103 cm³/mol. The Morgan fingerprint density at radius 1 is 1.12 bits per heavy atom. The zero-order valence-electron chi connectivity index (χ0n) is 14.7. The first-order valence-electron chi connectivity index (χ1n) is 8.45. The summed E-state index contributed by atoms with van der Waals surface area (Å²) in [6, 6.07) is 10.9. The lowest BCUT2D eigenvalue weighted by Gasteiger charge is -2.16. The number of nitrogens with one attached hydrogen (secondary N) is 1. The summed E-state index contributed by atoms with van der Waals surface area (Å²) in [5, 5.41) is 2.90. The maximum absolute atomic E-state index is 12.4. The Labute approximate surface area is 160 Å². The summed E-state index contributed by atoms with van der Waals surface area (Å²) < 4.78 is 11.0. The Balaban J connectivity index is 1.65. The number of aryl methyl sites for hydroxylation is 2. The first kappa shape index (κ1) is 18.5. The predicted octanol–water partition coefficient (Wildman–Crippen LogP) is 4.13. The van der Waals surface area contributed by atoms with E-state index in [0.717, 1.165) is 18.5 Å². The van der Waals surface area contributed by atoms with Crippen LogP contribution in [0.25, 0.3) is 0 Å². The second-order valence-electron chi connectivity index (χ2n) is 6.22. The Morgan fingerprint density at radius 2 is 1.88 bits per heavy atom. The quantitative estimate of drug-likeness (QED) is 0.742. The third-order valence-electron chi connectivity index (χ3n) is 4.39. The van der Waals surface area contributed by atoms with E-state index in [2.05, 4.69) is 32.0 Å². The second kappa shape index (κ2) is 7.91. The number of carbonyl (C=O) groups excluding carboxylic acids is 2. The van der Waals surface area contributed by atoms with Crippen LogP contribution >= 0.6 is 15.9 Å². The number of fused-ring (bicyclic) bond motifs is 1. The molecular weight excluding hydrogens is 398 g/mol. The van der Waals surface area contributed by atoms with E-state index in [-0.39, 0.29) is 5.91 Å². The van der Waals surface area contributed by atoms with Gasteiger partial charge in [-0.25, -0.2) is 4.79 Å². The van der Waals surface area contributed by atoms with E-state index >= 15 is 0 Å². The molecule has 1 aliphatic rings. The van der Waals surface area contributed by atoms with Crippen LogP contribution < -0.4 is 10.1 Å². The maximum atomic E-state index is 12.4. The van der Waals surface area contributed by atoms with Crippen LogP contribution in [0, 0.1) is 0 Å². The molecule has 1 unspecified atom stereocenters. The summed E-state index contributed by atoms with van der Waals surface area (Å²) >= 11 is 3.36. The lowest BCUT2D eigenvalue weighted by Crippen LogP contribution is -2.30. The highest BCUT2D eigenvalue weighted by Gasteiger charge is 2.18. The van der Waals surface area contributed by atoms with Gasteiger partial charge in [-0.1, -0.05) is 6.07 Å². The minimum atomic E-state index is -0.691. The van der Waals surface area contributed by atoms with Crippen LogP contribution in [0.3, 0.4) is 0 Å². The van der Waals surface area contributed by atoms with Crippen molar-refractivity contribution in [1.82, 2.24) is 0 Å². The van der Waals surface area contributed by atoms with Gasteiger partial charge < -0.3 is 14.8 Å². The molecular formula is C20H20BrNO4. The molecule has 0 saturated heterocycles. The normalized spacial score (nSPS) is 13.7. The SMILES string of the molecule is COC(=O)c1ccc(OC(C)C(=O)Nc2ccc3c(c2)CCC3)c(Br)c1. The fourth-order valence-corrected chi connectivity index (χ4v) is 3.45. The highest BCUT2D eigenvalue weighted by atomic mass is 79.9. The third-order valence-corrected chi connectivity index (χ3v) is 5.01. The molecule has 2 aromatic rings. The highest BCUT2D eigenvalue weighted by Crippen LogP contribution is 2.28. The van der Waals surface area contributed by atoms with Crippen molar-refractivity contribution in [3.8, 4) is 5.75 Å². The number of rotatable bonds is 5. The van der Waals surface area contributed by atoms with Crippen molar-refractivity contribution in [2.75, 3.05) is 12.4 Å². The molecule has 0 aliphatic heterocycles. The third kappa shape index (κ3) is 4.07. The number of anilines is 1. The molecule has 5 nitrogen and oxygen atoms in total. The van der Waals surface area contributed by atoms with Crippen molar-refractivity contribution in [1.29, 1.82) is 0 Å². The zero-order chi connectivity index (χ0) is 18.7. The summed E-state index contributed by atoms with van der Waals surface area (Å²) in [5.41, 5.74) is 3.85. The largest absolute Gasteiger partial charge is 0.480 e. The maximum Gasteiger partial charge on any atom is 0.337 e. The molecule has 3 rings (SSSR count). The summed E-state index contributed by atoms with van der Waals surface area (Å²) in [6.45, 7) is 1.68. The second-order valence-corrected chi connectivity index (χ2v) is 7.08.